The summed E-state index contributed by atoms with van der Waals surface area (Å²) in [6, 6.07) is 1.83. The Labute approximate surface area is 171 Å². The first-order chi connectivity index (χ1) is 13.7. The number of hydrogen-bond donors (Lipinski definition) is 3. The molecule has 2 saturated heterocycles. The number of aryl methyl sites for hydroxylation is 1. The second-order valence-electron chi connectivity index (χ2n) is 7.87. The number of hydrogen-bond acceptors (Lipinski definition) is 6. The maximum atomic E-state index is 12.8. The Balaban J connectivity index is 1.68. The van der Waals surface area contributed by atoms with Crippen molar-refractivity contribution in [3.05, 3.63) is 11.8 Å². The Morgan fingerprint density at radius 2 is 2.03 bits per heavy atom. The third kappa shape index (κ3) is 5.34. The van der Waals surface area contributed by atoms with E-state index in [0.29, 0.717) is 38.2 Å². The van der Waals surface area contributed by atoms with Crippen LogP contribution in [0.1, 0.15) is 51.0 Å². The molecule has 2 atom stereocenters. The molecule has 0 aromatic carbocycles. The summed E-state index contributed by atoms with van der Waals surface area (Å²) in [5.74, 6) is 0.0312. The zero-order chi connectivity index (χ0) is 21.2. The Bertz CT molecular complexity index is 860. The molecule has 162 valence electrons. The molecular weight excluding hydrogens is 396 g/mol. The zero-order valence-electron chi connectivity index (χ0n) is 17.1. The van der Waals surface area contributed by atoms with E-state index in [1.54, 1.807) is 10.7 Å². The predicted octanol–water partition coefficient (Wildman–Crippen LogP) is 0.536. The van der Waals surface area contributed by atoms with E-state index in [2.05, 4.69) is 28.0 Å². The highest BCUT2D eigenvalue weighted by atomic mass is 32.2. The van der Waals surface area contributed by atoms with Crippen LogP contribution < -0.4 is 16.0 Å². The summed E-state index contributed by atoms with van der Waals surface area (Å²) >= 11 is 0. The van der Waals surface area contributed by atoms with Crippen LogP contribution in [0.25, 0.3) is 0 Å². The molecule has 0 aliphatic carbocycles. The topological polar surface area (TPSA) is 125 Å². The normalized spacial score (nSPS) is 24.3. The third-order valence-corrected chi connectivity index (χ3v) is 6.71. The molecule has 3 N–H and O–H groups in total. The SMILES string of the molecule is CCCC1CC(=O)NC(n2nc(C)cc2NC(=O)C2CCN(S(C)(=O)=O)CC2)N1. The smallest absolute Gasteiger partial charge is 0.228 e. The zero-order valence-corrected chi connectivity index (χ0v) is 18.0. The van der Waals surface area contributed by atoms with Gasteiger partial charge in [-0.1, -0.05) is 13.3 Å². The fourth-order valence-corrected chi connectivity index (χ4v) is 4.78. The number of amides is 2. The van der Waals surface area contributed by atoms with E-state index in [1.807, 2.05) is 6.92 Å². The molecule has 10 nitrogen and oxygen atoms in total. The third-order valence-electron chi connectivity index (χ3n) is 5.41. The summed E-state index contributed by atoms with van der Waals surface area (Å²) < 4.78 is 26.3. The van der Waals surface area contributed by atoms with Crippen LogP contribution in [0.15, 0.2) is 6.07 Å². The summed E-state index contributed by atoms with van der Waals surface area (Å²) in [7, 11) is -3.23. The molecule has 29 heavy (non-hydrogen) atoms. The van der Waals surface area contributed by atoms with E-state index >= 15 is 0 Å². The van der Waals surface area contributed by atoms with Crippen LogP contribution in [0, 0.1) is 12.8 Å². The average Bonchev–Trinajstić information content (AvgIpc) is 3.01. The molecule has 2 fully saturated rings. The molecule has 2 aliphatic rings. The van der Waals surface area contributed by atoms with Gasteiger partial charge in [-0.05, 0) is 26.2 Å². The van der Waals surface area contributed by atoms with Crippen molar-refractivity contribution in [2.24, 2.45) is 5.92 Å². The molecule has 1 aromatic rings. The number of piperidine rings is 1. The van der Waals surface area contributed by atoms with Crippen molar-refractivity contribution in [1.29, 1.82) is 0 Å². The van der Waals surface area contributed by atoms with Crippen molar-refractivity contribution >= 4 is 27.7 Å². The molecule has 0 radical (unpaired) electrons. The van der Waals surface area contributed by atoms with Gasteiger partial charge in [0.25, 0.3) is 0 Å². The maximum absolute atomic E-state index is 12.8. The summed E-state index contributed by atoms with van der Waals surface area (Å²) in [5, 5.41) is 13.6. The largest absolute Gasteiger partial charge is 0.322 e. The van der Waals surface area contributed by atoms with Gasteiger partial charge in [0, 0.05) is 37.5 Å². The number of carbonyl (C=O) groups excluding carboxylic acids is 2. The monoisotopic (exact) mass is 426 g/mol. The number of nitrogens with zero attached hydrogens (tertiary/aromatic N) is 3. The van der Waals surface area contributed by atoms with Gasteiger partial charge < -0.3 is 10.6 Å². The first kappa shape index (κ1) is 21.7. The van der Waals surface area contributed by atoms with E-state index in [1.165, 1.54) is 10.6 Å². The number of nitrogens with one attached hydrogen (secondary N) is 3. The molecule has 0 bridgehead atoms. The maximum Gasteiger partial charge on any atom is 0.228 e. The Morgan fingerprint density at radius 3 is 2.66 bits per heavy atom. The van der Waals surface area contributed by atoms with Gasteiger partial charge in [-0.2, -0.15) is 5.10 Å². The minimum Gasteiger partial charge on any atom is -0.322 e. The van der Waals surface area contributed by atoms with Crippen molar-refractivity contribution in [2.45, 2.75) is 58.3 Å². The minimum atomic E-state index is -3.23. The van der Waals surface area contributed by atoms with Crippen LogP contribution >= 0.6 is 0 Å². The van der Waals surface area contributed by atoms with E-state index in [0.717, 1.165) is 18.5 Å². The molecule has 3 rings (SSSR count). The molecule has 11 heteroatoms. The molecule has 1 aromatic heterocycles. The van der Waals surface area contributed by atoms with Crippen LogP contribution in [-0.2, 0) is 19.6 Å². The van der Waals surface area contributed by atoms with Gasteiger partial charge in [-0.3, -0.25) is 14.9 Å². The Kier molecular flexibility index (Phi) is 6.59. The molecule has 0 spiro atoms. The van der Waals surface area contributed by atoms with E-state index in [9.17, 15) is 18.0 Å². The van der Waals surface area contributed by atoms with Crippen molar-refractivity contribution in [3.8, 4) is 0 Å². The van der Waals surface area contributed by atoms with Gasteiger partial charge in [-0.25, -0.2) is 17.4 Å². The first-order valence-electron chi connectivity index (χ1n) is 10.0. The second kappa shape index (κ2) is 8.80. The highest BCUT2D eigenvalue weighted by Gasteiger charge is 2.31. The van der Waals surface area contributed by atoms with Crippen molar-refractivity contribution < 1.29 is 18.0 Å². The molecule has 2 amide bonds. The fourth-order valence-electron chi connectivity index (χ4n) is 3.91. The number of carbonyl (C=O) groups is 2. The number of anilines is 1. The van der Waals surface area contributed by atoms with E-state index in [4.69, 9.17) is 0 Å². The summed E-state index contributed by atoms with van der Waals surface area (Å²) in [6.45, 7) is 4.58. The first-order valence-corrected chi connectivity index (χ1v) is 11.9. The highest BCUT2D eigenvalue weighted by molar-refractivity contribution is 7.88. The van der Waals surface area contributed by atoms with Gasteiger partial charge in [0.15, 0.2) is 6.29 Å². The molecule has 0 saturated carbocycles. The van der Waals surface area contributed by atoms with Crippen LogP contribution in [0.5, 0.6) is 0 Å². The second-order valence-corrected chi connectivity index (χ2v) is 9.85. The lowest BCUT2D eigenvalue weighted by molar-refractivity contribution is -0.125. The summed E-state index contributed by atoms with van der Waals surface area (Å²) in [4.78, 5) is 24.9. The molecule has 2 unspecified atom stereocenters. The lowest BCUT2D eigenvalue weighted by atomic mass is 9.97. The van der Waals surface area contributed by atoms with E-state index in [-0.39, 0.29) is 23.8 Å². The number of sulfonamides is 1. The number of rotatable bonds is 6. The van der Waals surface area contributed by atoms with Crippen LogP contribution in [-0.4, -0.2) is 59.7 Å². The predicted molar refractivity (Wildman–Crippen MR) is 108 cm³/mol. The van der Waals surface area contributed by atoms with Gasteiger partial charge in [0.05, 0.1) is 11.9 Å². The average molecular weight is 427 g/mol. The van der Waals surface area contributed by atoms with Gasteiger partial charge >= 0.3 is 0 Å². The Hall–Kier alpha value is -1.98. The quantitative estimate of drug-likeness (QED) is 0.610. The number of aromatic nitrogens is 2. The highest BCUT2D eigenvalue weighted by Crippen LogP contribution is 2.23. The van der Waals surface area contributed by atoms with Crippen molar-refractivity contribution in [2.75, 3.05) is 24.7 Å². The standard InChI is InChI=1S/C18H30N6O4S/c1-4-5-14-11-16(25)21-18(19-14)24-15(10-12(2)22-24)20-17(26)13-6-8-23(9-7-13)29(3,27)28/h10,13-14,18-19H,4-9,11H2,1-3H3,(H,20,26)(H,21,25). The molecule has 3 heterocycles. The van der Waals surface area contributed by atoms with Crippen molar-refractivity contribution in [1.82, 2.24) is 24.7 Å². The fraction of sp³-hybridized carbons (Fsp3) is 0.722. The molecular formula is C18H30N6O4S. The van der Waals surface area contributed by atoms with E-state index < -0.39 is 16.3 Å². The summed E-state index contributed by atoms with van der Waals surface area (Å²) in [5.41, 5.74) is 0.723. The van der Waals surface area contributed by atoms with Gasteiger partial charge in [-0.15, -0.1) is 0 Å². The van der Waals surface area contributed by atoms with Gasteiger partial charge in [0.2, 0.25) is 21.8 Å². The Morgan fingerprint density at radius 1 is 1.34 bits per heavy atom. The lowest BCUT2D eigenvalue weighted by Gasteiger charge is -2.33. The van der Waals surface area contributed by atoms with Crippen LogP contribution in [0.4, 0.5) is 5.82 Å². The van der Waals surface area contributed by atoms with Crippen LogP contribution in [0.2, 0.25) is 0 Å². The van der Waals surface area contributed by atoms with Gasteiger partial charge in [0.1, 0.15) is 5.82 Å². The minimum absolute atomic E-state index is 0.0502. The summed E-state index contributed by atoms with van der Waals surface area (Å²) in [6.07, 6.45) is 3.88. The lowest BCUT2D eigenvalue weighted by Crippen LogP contribution is -2.53. The molecule has 2 aliphatic heterocycles. The van der Waals surface area contributed by atoms with Crippen LogP contribution in [0.3, 0.4) is 0 Å². The van der Waals surface area contributed by atoms with Crippen molar-refractivity contribution in [3.63, 3.8) is 0 Å².